The van der Waals surface area contributed by atoms with Gasteiger partial charge in [0.15, 0.2) is 0 Å². The molecule has 5 heteroatoms. The summed E-state index contributed by atoms with van der Waals surface area (Å²) in [5.74, 6) is 0.871. The van der Waals surface area contributed by atoms with Crippen LogP contribution in [-0.2, 0) is 4.79 Å². The third kappa shape index (κ3) is 6.10. The maximum Gasteiger partial charge on any atom is 0.230 e. The van der Waals surface area contributed by atoms with Gasteiger partial charge >= 0.3 is 0 Å². The molecule has 0 saturated heterocycles. The average molecular weight is 273 g/mol. The van der Waals surface area contributed by atoms with E-state index in [-0.39, 0.29) is 18.6 Å². The van der Waals surface area contributed by atoms with Gasteiger partial charge < -0.3 is 10.4 Å². The van der Waals surface area contributed by atoms with E-state index >= 15 is 0 Å². The van der Waals surface area contributed by atoms with Crippen molar-refractivity contribution in [2.75, 3.05) is 12.4 Å². The lowest BCUT2D eigenvalue weighted by Gasteiger charge is -2.17. The number of carbonyl (C=O) groups excluding carboxylic acids is 1. The van der Waals surface area contributed by atoms with E-state index in [0.717, 1.165) is 10.6 Å². The number of aliphatic hydroxyl groups excluding tert-OH is 1. The van der Waals surface area contributed by atoms with Crippen LogP contribution in [0, 0.1) is 5.92 Å². The molecule has 0 spiro atoms. The fourth-order valence-electron chi connectivity index (χ4n) is 1.50. The first kappa shape index (κ1) is 14.5. The second-order valence-corrected chi connectivity index (χ2v) is 6.52. The first-order valence-electron chi connectivity index (χ1n) is 5.68. The number of hydrogen-bond donors (Lipinski definition) is 2. The van der Waals surface area contributed by atoms with E-state index in [1.165, 1.54) is 11.8 Å². The Labute approximate surface area is 111 Å². The zero-order valence-electron chi connectivity index (χ0n) is 10.2. The molecule has 1 aromatic rings. The summed E-state index contributed by atoms with van der Waals surface area (Å²) in [6.07, 6.45) is 0.811. The zero-order valence-corrected chi connectivity index (χ0v) is 11.8. The molecular formula is C12H19NO2S2. The minimum atomic E-state index is -0.119. The minimum absolute atomic E-state index is 0.00753. The van der Waals surface area contributed by atoms with Gasteiger partial charge in [0.05, 0.1) is 22.6 Å². The van der Waals surface area contributed by atoms with Crippen LogP contribution in [0.1, 0.15) is 20.3 Å². The SMILES string of the molecule is CC(C)CC(CO)NC(=O)CSc1cccs1. The molecule has 1 amide bonds. The number of amides is 1. The fraction of sp³-hybridized carbons (Fsp3) is 0.583. The largest absolute Gasteiger partial charge is 0.394 e. The third-order valence-electron chi connectivity index (χ3n) is 2.18. The molecule has 17 heavy (non-hydrogen) atoms. The van der Waals surface area contributed by atoms with Gasteiger partial charge in [-0.15, -0.1) is 23.1 Å². The van der Waals surface area contributed by atoms with Gasteiger partial charge in [0.25, 0.3) is 0 Å². The molecule has 0 aliphatic rings. The van der Waals surface area contributed by atoms with Crippen LogP contribution in [0.15, 0.2) is 21.7 Å². The highest BCUT2D eigenvalue weighted by Crippen LogP contribution is 2.22. The van der Waals surface area contributed by atoms with Gasteiger partial charge in [-0.3, -0.25) is 4.79 Å². The average Bonchev–Trinajstić information content (AvgIpc) is 2.77. The quantitative estimate of drug-likeness (QED) is 0.750. The Hall–Kier alpha value is -0.520. The monoisotopic (exact) mass is 273 g/mol. The Bertz CT molecular complexity index is 325. The molecule has 0 aromatic carbocycles. The summed E-state index contributed by atoms with van der Waals surface area (Å²) in [5.41, 5.74) is 0. The lowest BCUT2D eigenvalue weighted by Crippen LogP contribution is -2.39. The van der Waals surface area contributed by atoms with E-state index in [4.69, 9.17) is 5.11 Å². The van der Waals surface area contributed by atoms with Crippen LogP contribution in [-0.4, -0.2) is 29.4 Å². The summed E-state index contributed by atoms with van der Waals surface area (Å²) in [7, 11) is 0. The molecule has 0 aliphatic heterocycles. The van der Waals surface area contributed by atoms with Crippen molar-refractivity contribution >= 4 is 29.0 Å². The highest BCUT2D eigenvalue weighted by Gasteiger charge is 2.13. The predicted octanol–water partition coefficient (Wildman–Crippen LogP) is 2.36. The summed E-state index contributed by atoms with van der Waals surface area (Å²) < 4.78 is 1.14. The fourth-order valence-corrected chi connectivity index (χ4v) is 3.10. The van der Waals surface area contributed by atoms with E-state index < -0.39 is 0 Å². The maximum atomic E-state index is 11.7. The summed E-state index contributed by atoms with van der Waals surface area (Å²) >= 11 is 3.17. The van der Waals surface area contributed by atoms with Gasteiger partial charge in [-0.05, 0) is 23.8 Å². The van der Waals surface area contributed by atoms with Crippen LogP contribution in [0.5, 0.6) is 0 Å². The van der Waals surface area contributed by atoms with Crippen LogP contribution in [0.25, 0.3) is 0 Å². The van der Waals surface area contributed by atoms with Gasteiger partial charge in [-0.2, -0.15) is 0 Å². The van der Waals surface area contributed by atoms with E-state index in [2.05, 4.69) is 19.2 Å². The molecule has 1 heterocycles. The third-order valence-corrected chi connectivity index (χ3v) is 4.31. The van der Waals surface area contributed by atoms with Crippen molar-refractivity contribution in [1.29, 1.82) is 0 Å². The Balaban J connectivity index is 2.27. The van der Waals surface area contributed by atoms with Crippen molar-refractivity contribution in [3.63, 3.8) is 0 Å². The molecule has 0 aliphatic carbocycles. The standard InChI is InChI=1S/C12H19NO2S2/c1-9(2)6-10(7-14)13-11(15)8-17-12-4-3-5-16-12/h3-5,9-10,14H,6-8H2,1-2H3,(H,13,15). The number of hydrogen-bond acceptors (Lipinski definition) is 4. The molecule has 96 valence electrons. The summed E-state index contributed by atoms with van der Waals surface area (Å²) in [6, 6.07) is 3.85. The first-order chi connectivity index (χ1) is 8.11. The van der Waals surface area contributed by atoms with Gasteiger partial charge in [0.1, 0.15) is 0 Å². The van der Waals surface area contributed by atoms with E-state index in [1.54, 1.807) is 11.3 Å². The normalized spacial score (nSPS) is 12.7. The second-order valence-electron chi connectivity index (χ2n) is 4.30. The Morgan fingerprint density at radius 3 is 2.88 bits per heavy atom. The predicted molar refractivity (Wildman–Crippen MR) is 73.5 cm³/mol. The molecule has 0 fully saturated rings. The van der Waals surface area contributed by atoms with Crippen molar-refractivity contribution in [2.24, 2.45) is 5.92 Å². The highest BCUT2D eigenvalue weighted by molar-refractivity contribution is 8.01. The highest BCUT2D eigenvalue weighted by atomic mass is 32.2. The van der Waals surface area contributed by atoms with Crippen molar-refractivity contribution in [3.8, 4) is 0 Å². The molecule has 1 rings (SSSR count). The van der Waals surface area contributed by atoms with Gasteiger partial charge in [-0.25, -0.2) is 0 Å². The Morgan fingerprint density at radius 1 is 1.59 bits per heavy atom. The summed E-state index contributed by atoms with van der Waals surface area (Å²) in [4.78, 5) is 11.7. The Kier molecular flexibility index (Phi) is 6.62. The van der Waals surface area contributed by atoms with Crippen LogP contribution >= 0.6 is 23.1 Å². The lowest BCUT2D eigenvalue weighted by atomic mass is 10.0. The van der Waals surface area contributed by atoms with Gasteiger partial charge in [0.2, 0.25) is 5.91 Å². The molecule has 3 nitrogen and oxygen atoms in total. The van der Waals surface area contributed by atoms with E-state index in [1.807, 2.05) is 17.5 Å². The molecule has 0 bridgehead atoms. The zero-order chi connectivity index (χ0) is 12.7. The number of thioether (sulfide) groups is 1. The molecule has 1 aromatic heterocycles. The van der Waals surface area contributed by atoms with Gasteiger partial charge in [-0.1, -0.05) is 19.9 Å². The Morgan fingerprint density at radius 2 is 2.35 bits per heavy atom. The molecule has 1 unspecified atom stereocenters. The first-order valence-corrected chi connectivity index (χ1v) is 7.55. The topological polar surface area (TPSA) is 49.3 Å². The number of rotatable bonds is 7. The smallest absolute Gasteiger partial charge is 0.230 e. The summed E-state index contributed by atoms with van der Waals surface area (Å²) in [6.45, 7) is 4.16. The van der Waals surface area contributed by atoms with Crippen molar-refractivity contribution < 1.29 is 9.90 Å². The molecule has 2 N–H and O–H groups in total. The van der Waals surface area contributed by atoms with Crippen molar-refractivity contribution in [1.82, 2.24) is 5.32 Å². The molecule has 0 radical (unpaired) electrons. The van der Waals surface area contributed by atoms with E-state index in [0.29, 0.717) is 11.7 Å². The van der Waals surface area contributed by atoms with E-state index in [9.17, 15) is 4.79 Å². The number of carbonyl (C=O) groups is 1. The number of thiophene rings is 1. The molecule has 0 saturated carbocycles. The van der Waals surface area contributed by atoms with Gasteiger partial charge in [0, 0.05) is 0 Å². The number of aliphatic hydroxyl groups is 1. The second kappa shape index (κ2) is 7.74. The maximum absolute atomic E-state index is 11.7. The van der Waals surface area contributed by atoms with Crippen molar-refractivity contribution in [3.05, 3.63) is 17.5 Å². The van der Waals surface area contributed by atoms with Crippen LogP contribution in [0.3, 0.4) is 0 Å². The lowest BCUT2D eigenvalue weighted by molar-refractivity contribution is -0.119. The van der Waals surface area contributed by atoms with Crippen LogP contribution in [0.4, 0.5) is 0 Å². The molecule has 1 atom stereocenters. The number of nitrogens with one attached hydrogen (secondary N) is 1. The molecular weight excluding hydrogens is 254 g/mol. The van der Waals surface area contributed by atoms with Crippen LogP contribution < -0.4 is 5.32 Å². The summed E-state index contributed by atoms with van der Waals surface area (Å²) in [5, 5.41) is 14.0. The van der Waals surface area contributed by atoms with Crippen molar-refractivity contribution in [2.45, 2.75) is 30.5 Å². The minimum Gasteiger partial charge on any atom is -0.394 e. The van der Waals surface area contributed by atoms with Crippen LogP contribution in [0.2, 0.25) is 0 Å².